The molecule has 1 aromatic heterocycles. The van der Waals surface area contributed by atoms with Crippen LogP contribution in [0, 0.1) is 0 Å². The van der Waals surface area contributed by atoms with Crippen LogP contribution in [0.25, 0.3) is 10.9 Å². The summed E-state index contributed by atoms with van der Waals surface area (Å²) in [5, 5.41) is 14.2. The smallest absolute Gasteiger partial charge is 0.432 e. The zero-order valence-electron chi connectivity index (χ0n) is 9.74. The summed E-state index contributed by atoms with van der Waals surface area (Å²) in [6.07, 6.45) is -1.06. The van der Waals surface area contributed by atoms with E-state index in [2.05, 4.69) is 10.00 Å². The lowest BCUT2D eigenvalue weighted by atomic mass is 10.2. The fourth-order valence-electron chi connectivity index (χ4n) is 2.20. The average molecular weight is 247 g/mol. The molecule has 3 rings (SSSR count). The fraction of sp³-hybridized carbons (Fsp3) is 0.333. The third-order valence-corrected chi connectivity index (χ3v) is 3.06. The van der Waals surface area contributed by atoms with Crippen molar-refractivity contribution in [2.24, 2.45) is 0 Å². The minimum Gasteiger partial charge on any atom is -0.463 e. The molecule has 0 amide bonds. The van der Waals surface area contributed by atoms with E-state index >= 15 is 0 Å². The van der Waals surface area contributed by atoms with Gasteiger partial charge in [0.15, 0.2) is 5.82 Å². The minimum atomic E-state index is -1.06. The van der Waals surface area contributed by atoms with E-state index in [1.807, 2.05) is 18.2 Å². The number of benzene rings is 1. The van der Waals surface area contributed by atoms with Gasteiger partial charge >= 0.3 is 6.09 Å². The summed E-state index contributed by atoms with van der Waals surface area (Å²) in [6, 6.07) is 7.36. The standard InChI is InChI=1S/C12H13N3O3/c16-12(17)15-10-4-2-1-3-9(10)11(13-15)14-5-7-18-8-6-14/h1-4H,5-8H2,(H,16,17). The number of hydrogen-bond acceptors (Lipinski definition) is 4. The number of carbonyl (C=O) groups is 1. The molecule has 1 aromatic carbocycles. The van der Waals surface area contributed by atoms with Gasteiger partial charge in [0, 0.05) is 18.5 Å². The second-order valence-electron chi connectivity index (χ2n) is 4.13. The van der Waals surface area contributed by atoms with Crippen LogP contribution in [0.1, 0.15) is 0 Å². The Bertz CT molecular complexity index is 587. The zero-order valence-corrected chi connectivity index (χ0v) is 9.74. The number of anilines is 1. The van der Waals surface area contributed by atoms with Crippen molar-refractivity contribution in [3.63, 3.8) is 0 Å². The van der Waals surface area contributed by atoms with E-state index in [0.717, 1.165) is 29.0 Å². The van der Waals surface area contributed by atoms with Crippen molar-refractivity contribution in [3.8, 4) is 0 Å². The lowest BCUT2D eigenvalue weighted by Crippen LogP contribution is -2.36. The molecule has 6 heteroatoms. The summed E-state index contributed by atoms with van der Waals surface area (Å²) >= 11 is 0. The maximum atomic E-state index is 11.2. The van der Waals surface area contributed by atoms with Crippen molar-refractivity contribution in [1.29, 1.82) is 0 Å². The van der Waals surface area contributed by atoms with E-state index in [4.69, 9.17) is 9.84 Å². The Kier molecular flexibility index (Phi) is 2.64. The Hall–Kier alpha value is -2.08. The molecule has 0 bridgehead atoms. The van der Waals surface area contributed by atoms with E-state index in [1.54, 1.807) is 6.07 Å². The summed E-state index contributed by atoms with van der Waals surface area (Å²) in [4.78, 5) is 13.2. The first-order chi connectivity index (χ1) is 8.77. The number of rotatable bonds is 1. The lowest BCUT2D eigenvalue weighted by Gasteiger charge is -2.26. The summed E-state index contributed by atoms with van der Waals surface area (Å²) in [5.41, 5.74) is 0.617. The Labute approximate surface area is 103 Å². The largest absolute Gasteiger partial charge is 0.463 e. The van der Waals surface area contributed by atoms with Gasteiger partial charge in [-0.3, -0.25) is 0 Å². The van der Waals surface area contributed by atoms with Crippen molar-refractivity contribution in [3.05, 3.63) is 24.3 Å². The van der Waals surface area contributed by atoms with E-state index in [1.165, 1.54) is 0 Å². The van der Waals surface area contributed by atoms with Crippen molar-refractivity contribution in [1.82, 2.24) is 9.78 Å². The van der Waals surface area contributed by atoms with Gasteiger partial charge in [0.25, 0.3) is 0 Å². The van der Waals surface area contributed by atoms with Crippen molar-refractivity contribution < 1.29 is 14.6 Å². The van der Waals surface area contributed by atoms with Gasteiger partial charge in [-0.2, -0.15) is 4.68 Å². The molecule has 6 nitrogen and oxygen atoms in total. The summed E-state index contributed by atoms with van der Waals surface area (Å²) in [6.45, 7) is 2.77. The molecule has 94 valence electrons. The molecular weight excluding hydrogens is 234 g/mol. The molecule has 0 saturated carbocycles. The quantitative estimate of drug-likeness (QED) is 0.825. The Morgan fingerprint density at radius 3 is 2.72 bits per heavy atom. The van der Waals surface area contributed by atoms with Gasteiger partial charge < -0.3 is 14.7 Å². The Morgan fingerprint density at radius 1 is 1.28 bits per heavy atom. The van der Waals surface area contributed by atoms with Crippen molar-refractivity contribution in [2.45, 2.75) is 0 Å². The van der Waals surface area contributed by atoms with Crippen LogP contribution in [0.2, 0.25) is 0 Å². The first-order valence-electron chi connectivity index (χ1n) is 5.81. The molecule has 2 aromatic rings. The van der Waals surface area contributed by atoms with Gasteiger partial charge in [-0.15, -0.1) is 5.10 Å². The number of ether oxygens (including phenoxy) is 1. The number of para-hydroxylation sites is 1. The maximum absolute atomic E-state index is 11.2. The second kappa shape index (κ2) is 4.30. The normalized spacial score (nSPS) is 16.1. The SMILES string of the molecule is O=C(O)n1nc(N2CCOCC2)c2ccccc21. The average Bonchev–Trinajstić information content (AvgIpc) is 2.79. The number of hydrogen-bond donors (Lipinski definition) is 1. The molecule has 0 aliphatic carbocycles. The number of morpholine rings is 1. The Balaban J connectivity index is 2.13. The lowest BCUT2D eigenvalue weighted by molar-refractivity contribution is 0.122. The third kappa shape index (κ3) is 1.70. The van der Waals surface area contributed by atoms with E-state index in [0.29, 0.717) is 18.7 Å². The van der Waals surface area contributed by atoms with Crippen LogP contribution in [0.3, 0.4) is 0 Å². The second-order valence-corrected chi connectivity index (χ2v) is 4.13. The molecule has 0 unspecified atom stereocenters. The molecular formula is C12H13N3O3. The number of fused-ring (bicyclic) bond motifs is 1. The van der Waals surface area contributed by atoms with Crippen LogP contribution in [-0.4, -0.2) is 47.3 Å². The number of nitrogens with zero attached hydrogens (tertiary/aromatic N) is 3. The predicted octanol–water partition coefficient (Wildman–Crippen LogP) is 1.40. The van der Waals surface area contributed by atoms with Crippen LogP contribution in [-0.2, 0) is 4.74 Å². The van der Waals surface area contributed by atoms with Crippen LogP contribution in [0.4, 0.5) is 10.6 Å². The highest BCUT2D eigenvalue weighted by Crippen LogP contribution is 2.26. The monoisotopic (exact) mass is 247 g/mol. The molecule has 0 atom stereocenters. The van der Waals surface area contributed by atoms with E-state index < -0.39 is 6.09 Å². The summed E-state index contributed by atoms with van der Waals surface area (Å²) in [5.74, 6) is 0.719. The van der Waals surface area contributed by atoms with Gasteiger partial charge in [-0.1, -0.05) is 12.1 Å². The topological polar surface area (TPSA) is 67.6 Å². The predicted molar refractivity (Wildman–Crippen MR) is 66.2 cm³/mol. The summed E-state index contributed by atoms with van der Waals surface area (Å²) < 4.78 is 6.32. The van der Waals surface area contributed by atoms with Crippen LogP contribution in [0.5, 0.6) is 0 Å². The third-order valence-electron chi connectivity index (χ3n) is 3.06. The Morgan fingerprint density at radius 2 is 2.00 bits per heavy atom. The highest BCUT2D eigenvalue weighted by atomic mass is 16.5. The van der Waals surface area contributed by atoms with E-state index in [9.17, 15) is 4.79 Å². The molecule has 2 heterocycles. The molecule has 1 N–H and O–H groups in total. The van der Waals surface area contributed by atoms with Gasteiger partial charge in [-0.25, -0.2) is 4.79 Å². The fourth-order valence-corrected chi connectivity index (χ4v) is 2.20. The van der Waals surface area contributed by atoms with Gasteiger partial charge in [-0.05, 0) is 12.1 Å². The van der Waals surface area contributed by atoms with Gasteiger partial charge in [0.2, 0.25) is 0 Å². The minimum absolute atomic E-state index is 0.617. The number of aromatic nitrogens is 2. The molecule has 1 fully saturated rings. The van der Waals surface area contributed by atoms with Crippen molar-refractivity contribution in [2.75, 3.05) is 31.2 Å². The van der Waals surface area contributed by atoms with Crippen molar-refractivity contribution >= 4 is 22.8 Å². The van der Waals surface area contributed by atoms with Crippen LogP contribution in [0.15, 0.2) is 24.3 Å². The summed E-state index contributed by atoms with van der Waals surface area (Å²) in [7, 11) is 0. The zero-order chi connectivity index (χ0) is 12.5. The highest BCUT2D eigenvalue weighted by Gasteiger charge is 2.20. The van der Waals surface area contributed by atoms with Crippen LogP contribution >= 0.6 is 0 Å². The first-order valence-corrected chi connectivity index (χ1v) is 5.81. The molecule has 1 aliphatic rings. The molecule has 1 aliphatic heterocycles. The molecule has 0 spiro atoms. The highest BCUT2D eigenvalue weighted by molar-refractivity contribution is 5.95. The molecule has 1 saturated heterocycles. The number of carboxylic acid groups (broad SMARTS) is 1. The van der Waals surface area contributed by atoms with Gasteiger partial charge in [0.05, 0.1) is 18.7 Å². The molecule has 0 radical (unpaired) electrons. The van der Waals surface area contributed by atoms with Gasteiger partial charge in [0.1, 0.15) is 0 Å². The van der Waals surface area contributed by atoms with Crippen LogP contribution < -0.4 is 4.90 Å². The first kappa shape index (κ1) is 11.0. The maximum Gasteiger partial charge on any atom is 0.432 e. The molecule has 18 heavy (non-hydrogen) atoms. The van der Waals surface area contributed by atoms with E-state index in [-0.39, 0.29) is 0 Å².